The second-order valence-electron chi connectivity index (χ2n) is 3.31. The number of halogens is 1. The SMILES string of the molecule is BrC1CNCC[C]1c1ccccc1. The molecule has 1 aliphatic rings. The van der Waals surface area contributed by atoms with Gasteiger partial charge in [-0.25, -0.2) is 0 Å². The van der Waals surface area contributed by atoms with Crippen molar-refractivity contribution in [2.24, 2.45) is 0 Å². The molecule has 1 aromatic rings. The standard InChI is InChI=1S/C11H13BrN/c12-11-8-13-7-6-10(11)9-4-2-1-3-5-9/h1-5,11,13H,6-8H2. The van der Waals surface area contributed by atoms with Gasteiger partial charge in [-0.2, -0.15) is 0 Å². The Morgan fingerprint density at radius 3 is 2.69 bits per heavy atom. The maximum atomic E-state index is 3.69. The fourth-order valence-corrected chi connectivity index (χ4v) is 2.43. The zero-order valence-electron chi connectivity index (χ0n) is 7.46. The zero-order valence-corrected chi connectivity index (χ0v) is 9.05. The molecule has 0 aromatic heterocycles. The Bertz CT molecular complexity index is 260. The number of hydrogen-bond acceptors (Lipinski definition) is 1. The van der Waals surface area contributed by atoms with Gasteiger partial charge in [-0.05, 0) is 18.5 Å². The first-order valence-corrected chi connectivity index (χ1v) is 5.55. The molecule has 1 nitrogen and oxygen atoms in total. The molecule has 0 amide bonds. The number of benzene rings is 1. The van der Waals surface area contributed by atoms with Crippen molar-refractivity contribution in [3.05, 3.63) is 41.8 Å². The van der Waals surface area contributed by atoms with E-state index >= 15 is 0 Å². The van der Waals surface area contributed by atoms with Crippen LogP contribution >= 0.6 is 15.9 Å². The minimum atomic E-state index is 0.503. The van der Waals surface area contributed by atoms with Crippen LogP contribution in [0.15, 0.2) is 30.3 Å². The second kappa shape index (κ2) is 4.25. The van der Waals surface area contributed by atoms with Crippen LogP contribution in [0.4, 0.5) is 0 Å². The number of alkyl halides is 1. The Balaban J connectivity index is 2.15. The summed E-state index contributed by atoms with van der Waals surface area (Å²) in [5.74, 6) is 1.53. The highest BCUT2D eigenvalue weighted by Crippen LogP contribution is 2.28. The lowest BCUT2D eigenvalue weighted by Crippen LogP contribution is -2.36. The fraction of sp³-hybridized carbons (Fsp3) is 0.364. The van der Waals surface area contributed by atoms with E-state index < -0.39 is 0 Å². The van der Waals surface area contributed by atoms with Gasteiger partial charge in [0.2, 0.25) is 0 Å². The van der Waals surface area contributed by atoms with E-state index in [-0.39, 0.29) is 0 Å². The van der Waals surface area contributed by atoms with Crippen LogP contribution in [0.25, 0.3) is 0 Å². The van der Waals surface area contributed by atoms with Crippen LogP contribution in [0, 0.1) is 5.92 Å². The summed E-state index contributed by atoms with van der Waals surface area (Å²) in [6.07, 6.45) is 1.15. The van der Waals surface area contributed by atoms with E-state index in [4.69, 9.17) is 0 Å². The summed E-state index contributed by atoms with van der Waals surface area (Å²) in [5, 5.41) is 3.37. The summed E-state index contributed by atoms with van der Waals surface area (Å²) in [6, 6.07) is 10.6. The molecule has 2 heteroatoms. The second-order valence-corrected chi connectivity index (χ2v) is 4.42. The van der Waals surface area contributed by atoms with Gasteiger partial charge in [0, 0.05) is 17.3 Å². The van der Waals surface area contributed by atoms with Crippen LogP contribution in [0.3, 0.4) is 0 Å². The van der Waals surface area contributed by atoms with Crippen LogP contribution < -0.4 is 5.32 Å². The molecule has 13 heavy (non-hydrogen) atoms. The van der Waals surface area contributed by atoms with Crippen LogP contribution in [-0.2, 0) is 0 Å². The number of nitrogens with one attached hydrogen (secondary N) is 1. The molecule has 1 radical (unpaired) electrons. The van der Waals surface area contributed by atoms with E-state index in [1.54, 1.807) is 0 Å². The lowest BCUT2D eigenvalue weighted by atomic mass is 9.90. The summed E-state index contributed by atoms with van der Waals surface area (Å²) in [6.45, 7) is 2.15. The van der Waals surface area contributed by atoms with Gasteiger partial charge in [0.15, 0.2) is 0 Å². The Morgan fingerprint density at radius 1 is 1.23 bits per heavy atom. The van der Waals surface area contributed by atoms with Crippen molar-refractivity contribution in [3.63, 3.8) is 0 Å². The van der Waals surface area contributed by atoms with Gasteiger partial charge in [0.25, 0.3) is 0 Å². The van der Waals surface area contributed by atoms with Crippen molar-refractivity contribution in [3.8, 4) is 0 Å². The van der Waals surface area contributed by atoms with Gasteiger partial charge in [-0.1, -0.05) is 46.3 Å². The van der Waals surface area contributed by atoms with Crippen LogP contribution in [-0.4, -0.2) is 17.9 Å². The monoisotopic (exact) mass is 238 g/mol. The maximum Gasteiger partial charge on any atom is 0.0376 e. The fourth-order valence-electron chi connectivity index (χ4n) is 1.71. The molecule has 0 aliphatic carbocycles. The number of piperidine rings is 1. The topological polar surface area (TPSA) is 12.0 Å². The smallest absolute Gasteiger partial charge is 0.0376 e. The van der Waals surface area contributed by atoms with Crippen molar-refractivity contribution in [1.29, 1.82) is 0 Å². The third kappa shape index (κ3) is 2.12. The summed E-state index contributed by atoms with van der Waals surface area (Å²) in [7, 11) is 0. The molecule has 0 saturated carbocycles. The van der Waals surface area contributed by atoms with Gasteiger partial charge < -0.3 is 5.32 Å². The minimum absolute atomic E-state index is 0.503. The van der Waals surface area contributed by atoms with Crippen molar-refractivity contribution >= 4 is 15.9 Å². The normalized spacial score (nSPS) is 24.5. The molecule has 1 saturated heterocycles. The maximum absolute atomic E-state index is 3.69. The van der Waals surface area contributed by atoms with Gasteiger partial charge in [0.1, 0.15) is 0 Å². The molecular formula is C11H13BrN. The van der Waals surface area contributed by atoms with Crippen LogP contribution in [0.1, 0.15) is 12.0 Å². The Hall–Kier alpha value is -0.340. The zero-order chi connectivity index (χ0) is 9.10. The summed E-state index contributed by atoms with van der Waals surface area (Å²) in [5.41, 5.74) is 1.38. The van der Waals surface area contributed by atoms with Crippen molar-refractivity contribution in [1.82, 2.24) is 5.32 Å². The average Bonchev–Trinajstić information content (AvgIpc) is 2.20. The van der Waals surface area contributed by atoms with Gasteiger partial charge >= 0.3 is 0 Å². The highest BCUT2D eigenvalue weighted by atomic mass is 79.9. The molecule has 1 aromatic carbocycles. The molecule has 1 aliphatic heterocycles. The molecule has 0 bridgehead atoms. The molecule has 69 valence electrons. The van der Waals surface area contributed by atoms with Gasteiger partial charge in [-0.15, -0.1) is 0 Å². The Morgan fingerprint density at radius 2 is 2.00 bits per heavy atom. The predicted octanol–water partition coefficient (Wildman–Crippen LogP) is 2.37. The lowest BCUT2D eigenvalue weighted by Gasteiger charge is -2.27. The molecule has 0 spiro atoms. The number of hydrogen-bond donors (Lipinski definition) is 1. The Labute approximate surface area is 87.7 Å². The predicted molar refractivity (Wildman–Crippen MR) is 59.0 cm³/mol. The van der Waals surface area contributed by atoms with Gasteiger partial charge in [-0.3, -0.25) is 0 Å². The first kappa shape index (κ1) is 9.22. The number of rotatable bonds is 1. The molecule has 1 atom stereocenters. The van der Waals surface area contributed by atoms with Crippen LogP contribution in [0.5, 0.6) is 0 Å². The molecule has 1 fully saturated rings. The molecule has 1 N–H and O–H groups in total. The summed E-state index contributed by atoms with van der Waals surface area (Å²) in [4.78, 5) is 0.503. The van der Waals surface area contributed by atoms with E-state index in [0.29, 0.717) is 4.83 Å². The quantitative estimate of drug-likeness (QED) is 0.742. The molecule has 1 unspecified atom stereocenters. The highest BCUT2D eigenvalue weighted by Gasteiger charge is 2.24. The minimum Gasteiger partial charge on any atom is -0.316 e. The first-order valence-electron chi connectivity index (χ1n) is 4.64. The molecule has 2 rings (SSSR count). The van der Waals surface area contributed by atoms with E-state index in [0.717, 1.165) is 19.5 Å². The molecule has 1 heterocycles. The van der Waals surface area contributed by atoms with E-state index in [2.05, 4.69) is 51.6 Å². The van der Waals surface area contributed by atoms with Gasteiger partial charge in [0.05, 0.1) is 0 Å². The van der Waals surface area contributed by atoms with Crippen LogP contribution in [0.2, 0.25) is 0 Å². The molecular weight excluding hydrogens is 226 g/mol. The summed E-state index contributed by atoms with van der Waals surface area (Å²) >= 11 is 3.69. The highest BCUT2D eigenvalue weighted by molar-refractivity contribution is 9.09. The third-order valence-electron chi connectivity index (χ3n) is 2.42. The average molecular weight is 239 g/mol. The van der Waals surface area contributed by atoms with E-state index in [1.165, 1.54) is 11.5 Å². The van der Waals surface area contributed by atoms with Crippen molar-refractivity contribution in [2.75, 3.05) is 13.1 Å². The first-order chi connectivity index (χ1) is 6.38. The van der Waals surface area contributed by atoms with Crippen molar-refractivity contribution < 1.29 is 0 Å². The lowest BCUT2D eigenvalue weighted by molar-refractivity contribution is 0.580. The largest absolute Gasteiger partial charge is 0.316 e. The Kier molecular flexibility index (Phi) is 3.01. The van der Waals surface area contributed by atoms with E-state index in [1.807, 2.05) is 0 Å². The third-order valence-corrected chi connectivity index (χ3v) is 3.29. The van der Waals surface area contributed by atoms with E-state index in [9.17, 15) is 0 Å². The summed E-state index contributed by atoms with van der Waals surface area (Å²) < 4.78 is 0. The van der Waals surface area contributed by atoms with Crippen molar-refractivity contribution in [2.45, 2.75) is 11.2 Å².